The second-order valence-corrected chi connectivity index (χ2v) is 20.4. The number of hydrogen-bond acceptors (Lipinski definition) is 17. The molecule has 72 heavy (non-hydrogen) atoms. The minimum Gasteiger partial charge on any atom is -0.462 e. The van der Waals surface area contributed by atoms with Crippen molar-refractivity contribution in [1.29, 1.82) is 0 Å². The molecule has 1 fully saturated rings. The minimum atomic E-state index is -5.48. The zero-order chi connectivity index (χ0) is 53.0. The number of esters is 2. The molecule has 1 aromatic rings. The van der Waals surface area contributed by atoms with Crippen molar-refractivity contribution in [2.24, 2.45) is 0 Å². The largest absolute Gasteiger partial charge is 0.481 e. The van der Waals surface area contributed by atoms with Crippen molar-refractivity contribution in [2.75, 3.05) is 25.6 Å². The highest BCUT2D eigenvalue weighted by atomic mass is 31.3. The maximum atomic E-state index is 12.9. The van der Waals surface area contributed by atoms with Crippen LogP contribution in [0.4, 0.5) is 5.82 Å². The Hall–Kier alpha value is -3.88. The van der Waals surface area contributed by atoms with Crippen LogP contribution in [0, 0.1) is 0 Å². The molecule has 0 spiro atoms. The van der Waals surface area contributed by atoms with Crippen LogP contribution in [0.15, 0.2) is 90.0 Å². The predicted octanol–water partition coefficient (Wildman–Crippen LogP) is 8.05. The number of hydrogen-bond donors (Lipinski definition) is 7. The van der Waals surface area contributed by atoms with Crippen LogP contribution in [0.25, 0.3) is 0 Å². The fourth-order valence-electron chi connectivity index (χ4n) is 6.99. The van der Waals surface area contributed by atoms with Crippen molar-refractivity contribution >= 4 is 33.4 Å². The SMILES string of the molecule is CCCCCC/C=C\C=C/CCCCCCCC(=O)O[C@H](COC(=O)CCC[C@@H](O)/C=C/C=C\C/C=C\C=C\[C@@H](O)CCCCC)COP(=O)(O)OP(=O)(O)OC[C@H]1O[C@@H](n2ccc(N)nc2=O)[C@H](O)[C@@H]1O. The first-order valence-corrected chi connectivity index (χ1v) is 28.2. The minimum absolute atomic E-state index is 0.0204. The van der Waals surface area contributed by atoms with Crippen LogP contribution in [0.1, 0.15) is 148 Å². The average molecular weight is 1060 g/mol. The summed E-state index contributed by atoms with van der Waals surface area (Å²) in [4.78, 5) is 61.9. The molecule has 9 atom stereocenters. The molecule has 1 aliphatic heterocycles. The molecule has 1 aromatic heterocycles. The number of carbonyl (C=O) groups is 2. The molecule has 0 amide bonds. The standard InChI is InChI=1S/C50H81N3O17P2/c1-3-5-7-8-9-10-11-12-13-14-15-16-20-23-27-33-46(57)68-42(37-65-45(56)34-28-32-41(55)31-26-22-19-17-18-21-25-30-40(54)29-24-6-4-2)38-66-71(61,62)70-72(63,64)67-39-43-47(58)48(59)49(69-43)53-36-35-44(51)52-50(53)60/h10-13,18-19,21-22,25-26,30-31,35-36,40-43,47-49,54-55,58-59H,3-9,14-17,20,23-24,27-29,32-34,37-39H2,1-2H3,(H,61,62)(H,63,64)(H2,51,52,60)/b11-10-,13-12-,21-18-,22-19-,30-25+,31-26+/t40-,41-,42+,43+,47+,48+,49+/m0/s1. The van der Waals surface area contributed by atoms with Gasteiger partial charge in [0.15, 0.2) is 12.3 Å². The van der Waals surface area contributed by atoms with E-state index < -0.39 is 95.9 Å². The smallest absolute Gasteiger partial charge is 0.462 e. The summed E-state index contributed by atoms with van der Waals surface area (Å²) in [5.74, 6) is -1.56. The van der Waals surface area contributed by atoms with E-state index in [0.717, 1.165) is 75.0 Å². The summed E-state index contributed by atoms with van der Waals surface area (Å²) in [6, 6.07) is 1.23. The highest BCUT2D eigenvalue weighted by Gasteiger charge is 2.46. The molecule has 2 rings (SSSR count). The van der Waals surface area contributed by atoms with Crippen molar-refractivity contribution in [3.05, 3.63) is 95.7 Å². The molecule has 1 saturated heterocycles. The fraction of sp³-hybridized carbons (Fsp3) is 0.640. The summed E-state index contributed by atoms with van der Waals surface area (Å²) in [6.45, 7) is 1.78. The molecule has 8 N–H and O–H groups in total. The lowest BCUT2D eigenvalue weighted by Crippen LogP contribution is -2.36. The van der Waals surface area contributed by atoms with Crippen LogP contribution in [0.2, 0.25) is 0 Å². The van der Waals surface area contributed by atoms with Gasteiger partial charge in [0.05, 0.1) is 25.4 Å². The first-order valence-electron chi connectivity index (χ1n) is 25.2. The summed E-state index contributed by atoms with van der Waals surface area (Å²) >= 11 is 0. The van der Waals surface area contributed by atoms with Crippen LogP contribution in [0.5, 0.6) is 0 Å². The number of carbonyl (C=O) groups excluding carboxylic acids is 2. The molecule has 22 heteroatoms. The van der Waals surface area contributed by atoms with Gasteiger partial charge in [-0.25, -0.2) is 13.9 Å². The first-order chi connectivity index (χ1) is 34.5. The zero-order valence-electron chi connectivity index (χ0n) is 41.9. The van der Waals surface area contributed by atoms with Gasteiger partial charge in [0.25, 0.3) is 0 Å². The molecule has 408 valence electrons. The quantitative estimate of drug-likeness (QED) is 0.0141. The van der Waals surface area contributed by atoms with Gasteiger partial charge >= 0.3 is 33.3 Å². The number of rotatable bonds is 40. The van der Waals surface area contributed by atoms with Gasteiger partial charge in [-0.05, 0) is 63.9 Å². The third-order valence-corrected chi connectivity index (χ3v) is 13.6. The Bertz CT molecular complexity index is 2030. The van der Waals surface area contributed by atoms with E-state index in [1.54, 1.807) is 24.3 Å². The molecule has 2 heterocycles. The molecule has 0 radical (unpaired) electrons. The van der Waals surface area contributed by atoms with Crippen molar-refractivity contribution in [3.63, 3.8) is 0 Å². The molecular formula is C50H81N3O17P2. The number of anilines is 1. The zero-order valence-corrected chi connectivity index (χ0v) is 43.7. The highest BCUT2D eigenvalue weighted by molar-refractivity contribution is 7.61. The molecule has 0 aliphatic carbocycles. The van der Waals surface area contributed by atoms with Crippen LogP contribution < -0.4 is 11.4 Å². The van der Waals surface area contributed by atoms with Crippen molar-refractivity contribution < 1.29 is 76.5 Å². The number of phosphoric ester groups is 2. The summed E-state index contributed by atoms with van der Waals surface area (Å²) in [7, 11) is -11.0. The Morgan fingerprint density at radius 2 is 1.29 bits per heavy atom. The second kappa shape index (κ2) is 37.8. The molecule has 1 aliphatic rings. The Labute approximate surface area is 424 Å². The Balaban J connectivity index is 1.88. The Morgan fingerprint density at radius 3 is 1.93 bits per heavy atom. The van der Waals surface area contributed by atoms with Crippen molar-refractivity contribution in [1.82, 2.24) is 9.55 Å². The number of unbranched alkanes of at least 4 members (excludes halogenated alkanes) is 11. The van der Waals surface area contributed by atoms with E-state index in [0.29, 0.717) is 12.8 Å². The molecular weight excluding hydrogens is 977 g/mol. The summed E-state index contributed by atoms with van der Waals surface area (Å²) in [5.41, 5.74) is 4.56. The summed E-state index contributed by atoms with van der Waals surface area (Å²) < 4.78 is 56.5. The molecule has 0 aromatic carbocycles. The predicted molar refractivity (Wildman–Crippen MR) is 273 cm³/mol. The van der Waals surface area contributed by atoms with Gasteiger partial charge in [-0.1, -0.05) is 145 Å². The third-order valence-electron chi connectivity index (χ3n) is 11.0. The summed E-state index contributed by atoms with van der Waals surface area (Å²) in [5, 5.41) is 41.2. The monoisotopic (exact) mass is 1060 g/mol. The van der Waals surface area contributed by atoms with Gasteiger partial charge in [0, 0.05) is 19.0 Å². The van der Waals surface area contributed by atoms with E-state index in [1.807, 2.05) is 24.3 Å². The number of nitrogens with two attached hydrogens (primary N) is 1. The van der Waals surface area contributed by atoms with E-state index >= 15 is 0 Å². The fourth-order valence-corrected chi connectivity index (χ4v) is 9.10. The number of aromatic nitrogens is 2. The Morgan fingerprint density at radius 1 is 0.736 bits per heavy atom. The second-order valence-electron chi connectivity index (χ2n) is 17.4. The Kier molecular flexibility index (Phi) is 33.7. The van der Waals surface area contributed by atoms with Gasteiger partial charge in [-0.3, -0.25) is 23.2 Å². The lowest BCUT2D eigenvalue weighted by Gasteiger charge is -2.21. The van der Waals surface area contributed by atoms with Crippen LogP contribution >= 0.6 is 15.6 Å². The number of aliphatic hydroxyl groups is 4. The van der Waals surface area contributed by atoms with E-state index in [-0.39, 0.29) is 31.5 Å². The van der Waals surface area contributed by atoms with Gasteiger partial charge in [0.1, 0.15) is 30.7 Å². The van der Waals surface area contributed by atoms with Crippen LogP contribution in [-0.2, 0) is 46.3 Å². The number of phosphoric acid groups is 2. The van der Waals surface area contributed by atoms with Gasteiger partial charge in [-0.15, -0.1) is 0 Å². The van der Waals surface area contributed by atoms with E-state index in [1.165, 1.54) is 31.7 Å². The number of nitrogen functional groups attached to an aromatic ring is 1. The maximum Gasteiger partial charge on any atom is 0.481 e. The van der Waals surface area contributed by atoms with Crippen molar-refractivity contribution in [3.8, 4) is 0 Å². The number of allylic oxidation sites excluding steroid dienone is 10. The number of nitrogens with zero attached hydrogens (tertiary/aromatic N) is 2. The molecule has 0 bridgehead atoms. The number of aliphatic hydroxyl groups excluding tert-OH is 4. The van der Waals surface area contributed by atoms with E-state index in [2.05, 4.69) is 47.4 Å². The third kappa shape index (κ3) is 30.3. The van der Waals surface area contributed by atoms with E-state index in [4.69, 9.17) is 29.0 Å². The average Bonchev–Trinajstić information content (AvgIpc) is 3.60. The van der Waals surface area contributed by atoms with E-state index in [9.17, 15) is 53.7 Å². The topological polar surface area (TPSA) is 306 Å². The van der Waals surface area contributed by atoms with Crippen LogP contribution in [-0.4, -0.2) is 108 Å². The highest BCUT2D eigenvalue weighted by Crippen LogP contribution is 2.60. The lowest BCUT2D eigenvalue weighted by molar-refractivity contribution is -0.161. The lowest BCUT2D eigenvalue weighted by atomic mass is 10.1. The number of ether oxygens (including phenoxy) is 3. The van der Waals surface area contributed by atoms with Gasteiger partial charge in [0.2, 0.25) is 0 Å². The van der Waals surface area contributed by atoms with Crippen molar-refractivity contribution in [2.45, 2.75) is 185 Å². The van der Waals surface area contributed by atoms with Gasteiger partial charge < -0.3 is 50.2 Å². The van der Waals surface area contributed by atoms with Crippen LogP contribution in [0.3, 0.4) is 0 Å². The first kappa shape index (κ1) is 64.2. The molecule has 2 unspecified atom stereocenters. The summed E-state index contributed by atoms with van der Waals surface area (Å²) in [6.07, 6.45) is 30.5. The molecule has 0 saturated carbocycles. The molecule has 20 nitrogen and oxygen atoms in total. The normalized spacial score (nSPS) is 20.6. The maximum absolute atomic E-state index is 12.9. The van der Waals surface area contributed by atoms with Gasteiger partial charge in [-0.2, -0.15) is 9.29 Å².